The lowest BCUT2D eigenvalue weighted by atomic mass is 10.2. The summed E-state index contributed by atoms with van der Waals surface area (Å²) in [4.78, 5) is 23.8. The van der Waals surface area contributed by atoms with E-state index in [-0.39, 0.29) is 12.0 Å². The zero-order valence-electron chi connectivity index (χ0n) is 11.6. The summed E-state index contributed by atoms with van der Waals surface area (Å²) < 4.78 is 6.65. The normalized spacial score (nSPS) is 11.3. The van der Waals surface area contributed by atoms with Crippen molar-refractivity contribution in [2.45, 2.75) is 19.4 Å². The summed E-state index contributed by atoms with van der Waals surface area (Å²) in [6, 6.07) is 7.92. The lowest BCUT2D eigenvalue weighted by Gasteiger charge is -2.12. The first-order valence-electron chi connectivity index (χ1n) is 6.02. The molecule has 20 heavy (non-hydrogen) atoms. The third kappa shape index (κ3) is 4.34. The minimum Gasteiger partial charge on any atom is -0.469 e. The Hall–Kier alpha value is -2.44. The van der Waals surface area contributed by atoms with Crippen molar-refractivity contribution in [3.63, 3.8) is 0 Å². The monoisotopic (exact) mass is 279 g/mol. The molecule has 0 saturated carbocycles. The van der Waals surface area contributed by atoms with Gasteiger partial charge in [-0.05, 0) is 19.1 Å². The van der Waals surface area contributed by atoms with Crippen molar-refractivity contribution in [2.24, 2.45) is 0 Å². The molecule has 1 aromatic carbocycles. The maximum atomic E-state index is 11.2. The molecule has 0 aliphatic rings. The molecule has 2 aromatic rings. The minimum absolute atomic E-state index is 0.0554. The van der Waals surface area contributed by atoms with Crippen LogP contribution < -0.4 is 0 Å². The maximum Gasteiger partial charge on any atom is 0.307 e. The number of imidazole rings is 1. The first kappa shape index (κ1) is 15.6. The predicted molar refractivity (Wildman–Crippen MR) is 74.0 cm³/mol. The van der Waals surface area contributed by atoms with Gasteiger partial charge in [-0.1, -0.05) is 12.1 Å². The molecule has 0 radical (unpaired) electrons. The summed E-state index contributed by atoms with van der Waals surface area (Å²) >= 11 is 0. The number of para-hydroxylation sites is 2. The third-order valence-corrected chi connectivity index (χ3v) is 2.65. The van der Waals surface area contributed by atoms with E-state index in [9.17, 15) is 4.79 Å². The van der Waals surface area contributed by atoms with Crippen molar-refractivity contribution < 1.29 is 14.5 Å². The van der Waals surface area contributed by atoms with Crippen LogP contribution in [0.4, 0.5) is 0 Å². The number of ether oxygens (including phenoxy) is 1. The van der Waals surface area contributed by atoms with Gasteiger partial charge in [-0.15, -0.1) is 0 Å². The molecule has 1 atom stereocenters. The highest BCUT2D eigenvalue weighted by Crippen LogP contribution is 2.19. The van der Waals surface area contributed by atoms with Crippen LogP contribution in [0.2, 0.25) is 0 Å². The van der Waals surface area contributed by atoms with Gasteiger partial charge in [0, 0.05) is 11.0 Å². The SMILES string of the molecule is COC(=O)CC(C)n1cnc2ccccc21.C[N+](=O)[O-]. The topological polar surface area (TPSA) is 87.3 Å². The van der Waals surface area contributed by atoms with Crippen molar-refractivity contribution in [1.82, 2.24) is 9.55 Å². The zero-order chi connectivity index (χ0) is 15.1. The molecule has 108 valence electrons. The Morgan fingerprint density at radius 3 is 2.70 bits per heavy atom. The lowest BCUT2D eigenvalue weighted by molar-refractivity contribution is -0.445. The maximum absolute atomic E-state index is 11.2. The summed E-state index contributed by atoms with van der Waals surface area (Å²) in [5, 5.41) is 8.81. The molecular formula is C13H17N3O4. The molecule has 0 aliphatic heterocycles. The second kappa shape index (κ2) is 7.22. The first-order chi connectivity index (χ1) is 9.45. The lowest BCUT2D eigenvalue weighted by Crippen LogP contribution is -2.11. The molecule has 2 rings (SSSR count). The quantitative estimate of drug-likeness (QED) is 0.487. The number of hydrogen-bond donors (Lipinski definition) is 0. The summed E-state index contributed by atoms with van der Waals surface area (Å²) in [7, 11) is 2.29. The Labute approximate surface area is 116 Å². The van der Waals surface area contributed by atoms with Crippen molar-refractivity contribution in [3.05, 3.63) is 40.7 Å². The smallest absolute Gasteiger partial charge is 0.307 e. The number of nitrogens with zero attached hydrogens (tertiary/aromatic N) is 3. The number of benzene rings is 1. The van der Waals surface area contributed by atoms with Gasteiger partial charge in [0.1, 0.15) is 0 Å². The van der Waals surface area contributed by atoms with E-state index in [1.165, 1.54) is 7.11 Å². The second-order valence-corrected chi connectivity index (χ2v) is 4.21. The van der Waals surface area contributed by atoms with Crippen LogP contribution in [0.25, 0.3) is 11.0 Å². The fourth-order valence-corrected chi connectivity index (χ4v) is 1.75. The number of esters is 1. The minimum atomic E-state index is -0.500. The molecule has 0 bridgehead atoms. The van der Waals surface area contributed by atoms with Gasteiger partial charge in [0.2, 0.25) is 0 Å². The largest absolute Gasteiger partial charge is 0.469 e. The Morgan fingerprint density at radius 2 is 2.10 bits per heavy atom. The molecule has 0 spiro atoms. The third-order valence-electron chi connectivity index (χ3n) is 2.65. The first-order valence-corrected chi connectivity index (χ1v) is 6.02. The summed E-state index contributed by atoms with van der Waals surface area (Å²) in [5.74, 6) is -0.203. The Kier molecular flexibility index (Phi) is 5.64. The van der Waals surface area contributed by atoms with Gasteiger partial charge in [-0.3, -0.25) is 14.9 Å². The number of aromatic nitrogens is 2. The van der Waals surface area contributed by atoms with Crippen LogP contribution in [0, 0.1) is 10.1 Å². The highest BCUT2D eigenvalue weighted by Gasteiger charge is 2.13. The Morgan fingerprint density at radius 1 is 1.50 bits per heavy atom. The number of carbonyl (C=O) groups excluding carboxylic acids is 1. The molecule has 7 heteroatoms. The number of carbonyl (C=O) groups is 1. The van der Waals surface area contributed by atoms with Crippen LogP contribution in [-0.4, -0.2) is 34.6 Å². The number of rotatable bonds is 3. The fraction of sp³-hybridized carbons (Fsp3) is 0.385. The van der Waals surface area contributed by atoms with Gasteiger partial charge in [0.05, 0.1) is 30.9 Å². The number of methoxy groups -OCH3 is 1. The van der Waals surface area contributed by atoms with Crippen molar-refractivity contribution in [3.8, 4) is 0 Å². The van der Waals surface area contributed by atoms with Crippen LogP contribution >= 0.6 is 0 Å². The van der Waals surface area contributed by atoms with Crippen molar-refractivity contribution >= 4 is 17.0 Å². The fourth-order valence-electron chi connectivity index (χ4n) is 1.75. The highest BCUT2D eigenvalue weighted by molar-refractivity contribution is 5.76. The van der Waals surface area contributed by atoms with Gasteiger partial charge >= 0.3 is 5.97 Å². The molecular weight excluding hydrogens is 262 g/mol. The molecule has 0 N–H and O–H groups in total. The van der Waals surface area contributed by atoms with E-state index < -0.39 is 4.92 Å². The second-order valence-electron chi connectivity index (χ2n) is 4.21. The van der Waals surface area contributed by atoms with Crippen LogP contribution in [0.1, 0.15) is 19.4 Å². The summed E-state index contributed by atoms with van der Waals surface area (Å²) in [6.07, 6.45) is 2.12. The van der Waals surface area contributed by atoms with E-state index in [0.29, 0.717) is 6.42 Å². The predicted octanol–water partition coefficient (Wildman–Crippen LogP) is 2.05. The van der Waals surface area contributed by atoms with Crippen LogP contribution in [-0.2, 0) is 9.53 Å². The van der Waals surface area contributed by atoms with Crippen LogP contribution in [0.15, 0.2) is 30.6 Å². The number of fused-ring (bicyclic) bond motifs is 1. The molecule has 0 saturated heterocycles. The Balaban J connectivity index is 0.000000444. The molecule has 0 aliphatic carbocycles. The molecule has 7 nitrogen and oxygen atoms in total. The van der Waals surface area contributed by atoms with E-state index >= 15 is 0 Å². The van der Waals surface area contributed by atoms with E-state index in [4.69, 9.17) is 10.1 Å². The summed E-state index contributed by atoms with van der Waals surface area (Å²) in [5.41, 5.74) is 1.98. The van der Waals surface area contributed by atoms with Crippen LogP contribution in [0.5, 0.6) is 0 Å². The average molecular weight is 279 g/mol. The van der Waals surface area contributed by atoms with Crippen LogP contribution in [0.3, 0.4) is 0 Å². The standard InChI is InChI=1S/C12H14N2O2.CH3NO2/c1-9(7-12(15)16-2)14-8-13-10-5-3-4-6-11(10)14;1-2(3)4/h3-6,8-9H,7H2,1-2H3;1H3. The van der Waals surface area contributed by atoms with Crippen molar-refractivity contribution in [1.29, 1.82) is 0 Å². The highest BCUT2D eigenvalue weighted by atomic mass is 16.6. The van der Waals surface area contributed by atoms with Gasteiger partial charge in [0.25, 0.3) is 0 Å². The molecule has 0 amide bonds. The average Bonchev–Trinajstić information content (AvgIpc) is 2.81. The summed E-state index contributed by atoms with van der Waals surface area (Å²) in [6.45, 7) is 1.98. The van der Waals surface area contributed by atoms with E-state index in [0.717, 1.165) is 18.1 Å². The number of hydrogen-bond acceptors (Lipinski definition) is 5. The van der Waals surface area contributed by atoms with Gasteiger partial charge in [0.15, 0.2) is 7.05 Å². The molecule has 0 fully saturated rings. The molecule has 1 heterocycles. The van der Waals surface area contributed by atoms with E-state index in [1.807, 2.05) is 35.8 Å². The zero-order valence-corrected chi connectivity index (χ0v) is 11.6. The number of nitro groups is 1. The molecule has 1 unspecified atom stereocenters. The van der Waals surface area contributed by atoms with Gasteiger partial charge < -0.3 is 9.30 Å². The van der Waals surface area contributed by atoms with Gasteiger partial charge in [-0.2, -0.15) is 0 Å². The van der Waals surface area contributed by atoms with Crippen molar-refractivity contribution in [2.75, 3.05) is 14.2 Å². The van der Waals surface area contributed by atoms with Gasteiger partial charge in [-0.25, -0.2) is 4.98 Å². The Bertz CT molecular complexity index is 590. The van der Waals surface area contributed by atoms with E-state index in [2.05, 4.69) is 9.72 Å². The molecule has 1 aromatic heterocycles. The van der Waals surface area contributed by atoms with E-state index in [1.54, 1.807) is 6.33 Å².